The number of halogens is 2. The van der Waals surface area contributed by atoms with Crippen LogP contribution in [0.4, 0.5) is 4.39 Å². The van der Waals surface area contributed by atoms with Crippen LogP contribution in [0.25, 0.3) is 0 Å². The molecule has 0 saturated carbocycles. The lowest BCUT2D eigenvalue weighted by Gasteiger charge is -2.22. The molecule has 0 aromatic heterocycles. The Balaban J connectivity index is 2.57. The van der Waals surface area contributed by atoms with Gasteiger partial charge in [-0.15, -0.1) is 0 Å². The molecule has 0 aliphatic rings. The summed E-state index contributed by atoms with van der Waals surface area (Å²) in [4.78, 5) is 0. The van der Waals surface area contributed by atoms with Crippen molar-refractivity contribution in [3.05, 3.63) is 63.4 Å². The lowest BCUT2D eigenvalue weighted by molar-refractivity contribution is 0.403. The fraction of sp³-hybridized carbons (Fsp3) is 0.250. The predicted molar refractivity (Wildman–Crippen MR) is 82.7 cm³/mol. The van der Waals surface area contributed by atoms with Crippen LogP contribution in [0.5, 0.6) is 5.75 Å². The molecular formula is C16H17BrFNO. The van der Waals surface area contributed by atoms with E-state index in [1.807, 2.05) is 32.2 Å². The van der Waals surface area contributed by atoms with Crippen LogP contribution < -0.4 is 10.1 Å². The van der Waals surface area contributed by atoms with E-state index in [4.69, 9.17) is 4.74 Å². The average molecular weight is 338 g/mol. The molecule has 2 nitrogen and oxygen atoms in total. The summed E-state index contributed by atoms with van der Waals surface area (Å²) in [5, 5.41) is 3.24. The van der Waals surface area contributed by atoms with Crippen LogP contribution in [-0.2, 0) is 0 Å². The van der Waals surface area contributed by atoms with Gasteiger partial charge in [-0.05, 0) is 55.4 Å². The molecule has 0 aliphatic heterocycles. The SMILES string of the molecule is CNC(c1cc(Br)ccc1C)c1cc(F)ccc1OC. The third-order valence-electron chi connectivity index (χ3n) is 3.34. The molecular weight excluding hydrogens is 321 g/mol. The summed E-state index contributed by atoms with van der Waals surface area (Å²) in [6.07, 6.45) is 0. The summed E-state index contributed by atoms with van der Waals surface area (Å²) in [7, 11) is 3.45. The maximum absolute atomic E-state index is 13.6. The number of hydrogen-bond donors (Lipinski definition) is 1. The van der Waals surface area contributed by atoms with Crippen LogP contribution in [0.1, 0.15) is 22.7 Å². The Kier molecular flexibility index (Phi) is 4.78. The van der Waals surface area contributed by atoms with Gasteiger partial charge in [0.25, 0.3) is 0 Å². The molecule has 2 rings (SSSR count). The molecule has 1 atom stereocenters. The van der Waals surface area contributed by atoms with Crippen molar-refractivity contribution in [1.29, 1.82) is 0 Å². The van der Waals surface area contributed by atoms with Gasteiger partial charge in [0.05, 0.1) is 13.2 Å². The lowest BCUT2D eigenvalue weighted by atomic mass is 9.94. The van der Waals surface area contributed by atoms with E-state index in [0.717, 1.165) is 21.2 Å². The van der Waals surface area contributed by atoms with E-state index < -0.39 is 0 Å². The van der Waals surface area contributed by atoms with E-state index >= 15 is 0 Å². The van der Waals surface area contributed by atoms with E-state index in [-0.39, 0.29) is 11.9 Å². The zero-order chi connectivity index (χ0) is 14.7. The Morgan fingerprint density at radius 1 is 1.15 bits per heavy atom. The minimum Gasteiger partial charge on any atom is -0.496 e. The minimum absolute atomic E-state index is 0.127. The molecule has 1 N–H and O–H groups in total. The zero-order valence-electron chi connectivity index (χ0n) is 11.7. The van der Waals surface area contributed by atoms with Gasteiger partial charge >= 0.3 is 0 Å². The molecule has 0 radical (unpaired) electrons. The first-order valence-corrected chi connectivity index (χ1v) is 7.13. The van der Waals surface area contributed by atoms with Gasteiger partial charge in [-0.25, -0.2) is 4.39 Å². The molecule has 0 saturated heterocycles. The molecule has 1 unspecified atom stereocenters. The van der Waals surface area contributed by atoms with Gasteiger partial charge in [-0.2, -0.15) is 0 Å². The van der Waals surface area contributed by atoms with Crippen LogP contribution in [0.3, 0.4) is 0 Å². The van der Waals surface area contributed by atoms with Crippen LogP contribution in [0.2, 0.25) is 0 Å². The maximum atomic E-state index is 13.6. The van der Waals surface area contributed by atoms with Crippen LogP contribution in [0, 0.1) is 12.7 Å². The normalized spacial score (nSPS) is 12.2. The molecule has 0 bridgehead atoms. The number of nitrogens with one attached hydrogen (secondary N) is 1. The lowest BCUT2D eigenvalue weighted by Crippen LogP contribution is -2.19. The molecule has 0 fully saturated rings. The maximum Gasteiger partial charge on any atom is 0.124 e. The average Bonchev–Trinajstić information content (AvgIpc) is 2.44. The minimum atomic E-state index is -0.270. The van der Waals surface area contributed by atoms with Crippen LogP contribution in [-0.4, -0.2) is 14.2 Å². The molecule has 20 heavy (non-hydrogen) atoms. The fourth-order valence-corrected chi connectivity index (χ4v) is 2.71. The quantitative estimate of drug-likeness (QED) is 0.902. The van der Waals surface area contributed by atoms with Gasteiger partial charge in [-0.3, -0.25) is 0 Å². The summed E-state index contributed by atoms with van der Waals surface area (Å²) in [6, 6.07) is 10.5. The third-order valence-corrected chi connectivity index (χ3v) is 3.84. The zero-order valence-corrected chi connectivity index (χ0v) is 13.3. The highest BCUT2D eigenvalue weighted by Crippen LogP contribution is 2.33. The molecule has 0 amide bonds. The van der Waals surface area contributed by atoms with Crippen molar-refractivity contribution in [2.24, 2.45) is 0 Å². The molecule has 0 aliphatic carbocycles. The predicted octanol–water partition coefficient (Wildman–Crippen LogP) is 4.21. The van der Waals surface area contributed by atoms with Crippen LogP contribution in [0.15, 0.2) is 40.9 Å². The Bertz CT molecular complexity index is 615. The smallest absolute Gasteiger partial charge is 0.124 e. The van der Waals surface area contributed by atoms with Crippen molar-refractivity contribution in [3.8, 4) is 5.75 Å². The van der Waals surface area contributed by atoms with Crippen LogP contribution >= 0.6 is 15.9 Å². The number of aryl methyl sites for hydroxylation is 1. The molecule has 0 spiro atoms. The molecule has 2 aromatic carbocycles. The Morgan fingerprint density at radius 2 is 1.90 bits per heavy atom. The van der Waals surface area contributed by atoms with E-state index in [0.29, 0.717) is 5.75 Å². The Morgan fingerprint density at radius 3 is 2.55 bits per heavy atom. The van der Waals surface area contributed by atoms with Gasteiger partial charge in [0, 0.05) is 10.0 Å². The summed E-state index contributed by atoms with van der Waals surface area (Å²) < 4.78 is 19.9. The number of benzene rings is 2. The summed E-state index contributed by atoms with van der Waals surface area (Å²) >= 11 is 3.48. The summed E-state index contributed by atoms with van der Waals surface area (Å²) in [5.41, 5.74) is 3.01. The Hall–Kier alpha value is -1.39. The van der Waals surface area contributed by atoms with Gasteiger partial charge in [0.1, 0.15) is 11.6 Å². The van der Waals surface area contributed by atoms with Crippen molar-refractivity contribution in [2.45, 2.75) is 13.0 Å². The monoisotopic (exact) mass is 337 g/mol. The number of hydrogen-bond acceptors (Lipinski definition) is 2. The summed E-state index contributed by atoms with van der Waals surface area (Å²) in [5.74, 6) is 0.402. The molecule has 106 valence electrons. The highest BCUT2D eigenvalue weighted by atomic mass is 79.9. The van der Waals surface area contributed by atoms with Gasteiger partial charge < -0.3 is 10.1 Å². The summed E-state index contributed by atoms with van der Waals surface area (Å²) in [6.45, 7) is 2.04. The van der Waals surface area contributed by atoms with E-state index in [1.165, 1.54) is 12.1 Å². The van der Waals surface area contributed by atoms with Crippen molar-refractivity contribution in [3.63, 3.8) is 0 Å². The Labute approximate surface area is 127 Å². The first-order chi connectivity index (χ1) is 9.56. The molecule has 4 heteroatoms. The first-order valence-electron chi connectivity index (χ1n) is 6.33. The first kappa shape index (κ1) is 15.0. The highest BCUT2D eigenvalue weighted by Gasteiger charge is 2.19. The topological polar surface area (TPSA) is 21.3 Å². The van der Waals surface area contributed by atoms with Crippen molar-refractivity contribution in [2.75, 3.05) is 14.2 Å². The van der Waals surface area contributed by atoms with Crippen molar-refractivity contribution >= 4 is 15.9 Å². The number of rotatable bonds is 4. The van der Waals surface area contributed by atoms with Gasteiger partial charge in [-0.1, -0.05) is 22.0 Å². The fourth-order valence-electron chi connectivity index (χ4n) is 2.33. The van der Waals surface area contributed by atoms with E-state index in [1.54, 1.807) is 13.2 Å². The second-order valence-electron chi connectivity index (χ2n) is 4.61. The van der Waals surface area contributed by atoms with Gasteiger partial charge in [0.15, 0.2) is 0 Å². The largest absolute Gasteiger partial charge is 0.496 e. The van der Waals surface area contributed by atoms with E-state index in [9.17, 15) is 4.39 Å². The number of methoxy groups -OCH3 is 1. The standard InChI is InChI=1S/C16H17BrFNO/c1-10-4-5-11(17)8-13(10)16(19-2)14-9-12(18)6-7-15(14)20-3/h4-9,16,19H,1-3H3. The second-order valence-corrected chi connectivity index (χ2v) is 5.52. The number of ether oxygens (including phenoxy) is 1. The molecule has 0 heterocycles. The second kappa shape index (κ2) is 6.37. The third kappa shape index (κ3) is 3.02. The van der Waals surface area contributed by atoms with Gasteiger partial charge in [0.2, 0.25) is 0 Å². The highest BCUT2D eigenvalue weighted by molar-refractivity contribution is 9.10. The van der Waals surface area contributed by atoms with Crippen molar-refractivity contribution < 1.29 is 9.13 Å². The van der Waals surface area contributed by atoms with E-state index in [2.05, 4.69) is 21.2 Å². The van der Waals surface area contributed by atoms with Crippen molar-refractivity contribution in [1.82, 2.24) is 5.32 Å². The molecule has 2 aromatic rings.